The van der Waals surface area contributed by atoms with Crippen molar-refractivity contribution in [3.8, 4) is 5.75 Å². The number of imidazole rings is 1. The SMILES string of the molecule is C=Cc1[nH]cnc1/C=C\CN1C(=O)C(OC)=C(C)C1C1CCC(Oc2ccccc2)CC1. The molecule has 0 bridgehead atoms. The van der Waals surface area contributed by atoms with Crippen LogP contribution in [-0.4, -0.2) is 46.6 Å². The Balaban J connectivity index is 1.43. The second kappa shape index (κ2) is 9.90. The lowest BCUT2D eigenvalue weighted by Crippen LogP contribution is -2.42. The van der Waals surface area contributed by atoms with E-state index in [-0.39, 0.29) is 18.1 Å². The summed E-state index contributed by atoms with van der Waals surface area (Å²) < 4.78 is 11.6. The molecule has 0 saturated heterocycles. The Morgan fingerprint density at radius 1 is 1.22 bits per heavy atom. The molecule has 1 saturated carbocycles. The Morgan fingerprint density at radius 3 is 2.66 bits per heavy atom. The van der Waals surface area contributed by atoms with Gasteiger partial charge in [0.25, 0.3) is 5.91 Å². The van der Waals surface area contributed by atoms with E-state index in [1.807, 2.05) is 54.3 Å². The van der Waals surface area contributed by atoms with Crippen LogP contribution in [0.15, 0.2) is 60.6 Å². The molecule has 6 heteroatoms. The lowest BCUT2D eigenvalue weighted by Gasteiger charge is -2.37. The second-order valence-corrected chi connectivity index (χ2v) is 8.39. The van der Waals surface area contributed by atoms with Gasteiger partial charge in [0.2, 0.25) is 0 Å². The van der Waals surface area contributed by atoms with Crippen molar-refractivity contribution < 1.29 is 14.3 Å². The molecule has 1 unspecified atom stereocenters. The number of methoxy groups -OCH3 is 1. The summed E-state index contributed by atoms with van der Waals surface area (Å²) in [5, 5.41) is 0. The van der Waals surface area contributed by atoms with Crippen LogP contribution in [0.4, 0.5) is 0 Å². The number of hydrogen-bond acceptors (Lipinski definition) is 4. The molecule has 1 N–H and O–H groups in total. The molecule has 1 aromatic heterocycles. The summed E-state index contributed by atoms with van der Waals surface area (Å²) in [7, 11) is 1.58. The molecule has 4 rings (SSSR count). The van der Waals surface area contributed by atoms with Gasteiger partial charge in [-0.05, 0) is 68.4 Å². The molecule has 2 heterocycles. The van der Waals surface area contributed by atoms with Gasteiger partial charge in [-0.3, -0.25) is 4.79 Å². The fourth-order valence-corrected chi connectivity index (χ4v) is 4.95. The first kappa shape index (κ1) is 21.9. The summed E-state index contributed by atoms with van der Waals surface area (Å²) >= 11 is 0. The highest BCUT2D eigenvalue weighted by Crippen LogP contribution is 2.39. The van der Waals surface area contributed by atoms with E-state index in [0.29, 0.717) is 18.2 Å². The van der Waals surface area contributed by atoms with Crippen molar-refractivity contribution in [1.82, 2.24) is 14.9 Å². The number of benzene rings is 1. The van der Waals surface area contributed by atoms with Crippen LogP contribution in [0, 0.1) is 5.92 Å². The minimum atomic E-state index is -0.0340. The maximum absolute atomic E-state index is 13.1. The van der Waals surface area contributed by atoms with E-state index >= 15 is 0 Å². The molecule has 0 spiro atoms. The Bertz CT molecular complexity index is 1000. The Kier molecular flexibility index (Phi) is 6.78. The molecular formula is C26H31N3O3. The molecule has 1 fully saturated rings. The molecular weight excluding hydrogens is 402 g/mol. The lowest BCUT2D eigenvalue weighted by molar-refractivity contribution is -0.130. The van der Waals surface area contributed by atoms with Crippen molar-refractivity contribution in [2.24, 2.45) is 5.92 Å². The number of aromatic amines is 1. The summed E-state index contributed by atoms with van der Waals surface area (Å²) in [5.74, 6) is 1.77. The van der Waals surface area contributed by atoms with Gasteiger partial charge in [-0.1, -0.05) is 30.9 Å². The number of amides is 1. The number of hydrogen-bond donors (Lipinski definition) is 1. The minimum Gasteiger partial charge on any atom is -0.491 e. The van der Waals surface area contributed by atoms with Crippen molar-refractivity contribution in [2.75, 3.05) is 13.7 Å². The largest absolute Gasteiger partial charge is 0.491 e. The van der Waals surface area contributed by atoms with E-state index in [0.717, 1.165) is 48.4 Å². The zero-order chi connectivity index (χ0) is 22.5. The standard InChI is InChI=1S/C26H31N3O3/c1-4-22-23(28-17-27-22)11-8-16-29-24(18(2)25(31-3)26(29)30)19-12-14-21(15-13-19)32-20-9-6-5-7-10-20/h4-11,17,19,21,24H,1,12-16H2,2-3H3,(H,27,28)/b11-8-. The van der Waals surface area contributed by atoms with E-state index in [4.69, 9.17) is 9.47 Å². The highest BCUT2D eigenvalue weighted by atomic mass is 16.5. The minimum absolute atomic E-state index is 0.0340. The maximum Gasteiger partial charge on any atom is 0.289 e. The normalized spacial score (nSPS) is 23.8. The summed E-state index contributed by atoms with van der Waals surface area (Å²) in [4.78, 5) is 22.4. The van der Waals surface area contributed by atoms with Crippen LogP contribution in [0.1, 0.15) is 44.0 Å². The lowest BCUT2D eigenvalue weighted by atomic mass is 9.80. The quantitative estimate of drug-likeness (QED) is 0.647. The predicted octanol–water partition coefficient (Wildman–Crippen LogP) is 4.83. The number of nitrogens with zero attached hydrogens (tertiary/aromatic N) is 2. The van der Waals surface area contributed by atoms with Crippen LogP contribution < -0.4 is 4.74 Å². The van der Waals surface area contributed by atoms with Crippen molar-refractivity contribution in [3.05, 3.63) is 72.0 Å². The third-order valence-electron chi connectivity index (χ3n) is 6.49. The first-order chi connectivity index (χ1) is 15.6. The van der Waals surface area contributed by atoms with Gasteiger partial charge >= 0.3 is 0 Å². The van der Waals surface area contributed by atoms with E-state index in [2.05, 4.69) is 16.5 Å². The smallest absolute Gasteiger partial charge is 0.289 e. The summed E-state index contributed by atoms with van der Waals surface area (Å²) in [6.45, 7) is 6.34. The van der Waals surface area contributed by atoms with Gasteiger partial charge in [-0.2, -0.15) is 0 Å². The van der Waals surface area contributed by atoms with Gasteiger partial charge in [0.15, 0.2) is 5.76 Å². The van der Waals surface area contributed by atoms with Crippen LogP contribution in [0.3, 0.4) is 0 Å². The maximum atomic E-state index is 13.1. The Morgan fingerprint density at radius 2 is 1.97 bits per heavy atom. The third-order valence-corrected chi connectivity index (χ3v) is 6.49. The highest BCUT2D eigenvalue weighted by Gasteiger charge is 2.42. The van der Waals surface area contributed by atoms with E-state index in [9.17, 15) is 4.79 Å². The summed E-state index contributed by atoms with van der Waals surface area (Å²) in [6.07, 6.45) is 11.5. The van der Waals surface area contributed by atoms with Gasteiger partial charge in [0.1, 0.15) is 5.75 Å². The van der Waals surface area contributed by atoms with Crippen molar-refractivity contribution in [3.63, 3.8) is 0 Å². The number of rotatable bonds is 8. The fraction of sp³-hybridized carbons (Fsp3) is 0.385. The molecule has 1 atom stereocenters. The molecule has 1 amide bonds. The number of aromatic nitrogens is 2. The number of ether oxygens (including phenoxy) is 2. The average molecular weight is 434 g/mol. The summed E-state index contributed by atoms with van der Waals surface area (Å²) in [6, 6.07) is 10.1. The van der Waals surface area contributed by atoms with Gasteiger partial charge in [-0.15, -0.1) is 0 Å². The monoisotopic (exact) mass is 433 g/mol. The molecule has 32 heavy (non-hydrogen) atoms. The van der Waals surface area contributed by atoms with E-state index in [1.54, 1.807) is 19.5 Å². The zero-order valence-electron chi connectivity index (χ0n) is 18.8. The zero-order valence-corrected chi connectivity index (χ0v) is 18.8. The topological polar surface area (TPSA) is 67.5 Å². The first-order valence-corrected chi connectivity index (χ1v) is 11.2. The second-order valence-electron chi connectivity index (χ2n) is 8.39. The molecule has 2 aromatic rings. The van der Waals surface area contributed by atoms with E-state index < -0.39 is 0 Å². The van der Waals surface area contributed by atoms with Gasteiger partial charge < -0.3 is 19.4 Å². The van der Waals surface area contributed by atoms with Crippen LogP contribution in [0.25, 0.3) is 12.2 Å². The molecule has 2 aliphatic rings. The number of para-hydroxylation sites is 1. The number of H-pyrrole nitrogens is 1. The third kappa shape index (κ3) is 4.49. The number of nitrogens with one attached hydrogen (secondary N) is 1. The molecule has 168 valence electrons. The van der Waals surface area contributed by atoms with Crippen LogP contribution in [0.2, 0.25) is 0 Å². The predicted molar refractivity (Wildman–Crippen MR) is 126 cm³/mol. The van der Waals surface area contributed by atoms with Crippen molar-refractivity contribution in [2.45, 2.75) is 44.8 Å². The van der Waals surface area contributed by atoms with Crippen molar-refractivity contribution in [1.29, 1.82) is 0 Å². The van der Waals surface area contributed by atoms with Crippen LogP contribution in [-0.2, 0) is 9.53 Å². The fourth-order valence-electron chi connectivity index (χ4n) is 4.95. The average Bonchev–Trinajstić information content (AvgIpc) is 3.36. The van der Waals surface area contributed by atoms with Gasteiger partial charge in [0.05, 0.1) is 37.0 Å². The van der Waals surface area contributed by atoms with Crippen LogP contribution >= 0.6 is 0 Å². The molecule has 1 aliphatic carbocycles. The van der Waals surface area contributed by atoms with Gasteiger partial charge in [0, 0.05) is 6.54 Å². The molecule has 6 nitrogen and oxygen atoms in total. The molecule has 1 aromatic carbocycles. The van der Waals surface area contributed by atoms with Crippen molar-refractivity contribution >= 4 is 18.1 Å². The first-order valence-electron chi connectivity index (χ1n) is 11.2. The van der Waals surface area contributed by atoms with Gasteiger partial charge in [-0.25, -0.2) is 4.98 Å². The Hall–Kier alpha value is -3.28. The number of carbonyl (C=O) groups is 1. The number of carbonyl (C=O) groups excluding carboxylic acids is 1. The Labute approximate surface area is 189 Å². The van der Waals surface area contributed by atoms with Crippen LogP contribution in [0.5, 0.6) is 5.75 Å². The molecule has 1 aliphatic heterocycles. The van der Waals surface area contributed by atoms with E-state index in [1.165, 1.54) is 0 Å². The highest BCUT2D eigenvalue weighted by molar-refractivity contribution is 5.96. The molecule has 0 radical (unpaired) electrons. The summed E-state index contributed by atoms with van der Waals surface area (Å²) in [5.41, 5.74) is 2.72.